The Hall–Kier alpha value is -1.59. The Morgan fingerprint density at radius 2 is 1.85 bits per heavy atom. The third kappa shape index (κ3) is 5.19. The molecule has 5 heteroatoms. The van der Waals surface area contributed by atoms with Gasteiger partial charge in [-0.2, -0.15) is 0 Å². The minimum absolute atomic E-state index is 0.0995. The molecule has 1 aromatic carbocycles. The molecule has 0 unspecified atom stereocenters. The highest BCUT2D eigenvalue weighted by atomic mass is 16.7. The summed E-state index contributed by atoms with van der Waals surface area (Å²) in [4.78, 5) is 4.25. The second-order valence-corrected chi connectivity index (χ2v) is 3.96. The first-order valence-corrected chi connectivity index (χ1v) is 6.90. The molecular formula is C15H23NO4. The average molecular weight is 281 g/mol. The second-order valence-electron chi connectivity index (χ2n) is 3.96. The number of ether oxygens (including phenoxy) is 3. The number of phenols is 1. The molecule has 1 rings (SSSR count). The maximum Gasteiger partial charge on any atom is 0.176 e. The van der Waals surface area contributed by atoms with Crippen LogP contribution in [-0.2, 0) is 9.47 Å². The molecule has 0 amide bonds. The van der Waals surface area contributed by atoms with Crippen molar-refractivity contribution in [2.75, 3.05) is 26.4 Å². The summed E-state index contributed by atoms with van der Waals surface area (Å²) in [5.74, 6) is 0.560. The molecule has 0 aromatic heterocycles. The van der Waals surface area contributed by atoms with Crippen LogP contribution < -0.4 is 4.74 Å². The minimum Gasteiger partial charge on any atom is -0.504 e. The van der Waals surface area contributed by atoms with Gasteiger partial charge in [0.2, 0.25) is 0 Å². The van der Waals surface area contributed by atoms with Crippen LogP contribution in [0, 0.1) is 0 Å². The summed E-state index contributed by atoms with van der Waals surface area (Å²) in [6, 6.07) is 5.31. The molecule has 0 bridgehead atoms. The Morgan fingerprint density at radius 1 is 1.15 bits per heavy atom. The van der Waals surface area contributed by atoms with Crippen molar-refractivity contribution < 1.29 is 19.3 Å². The van der Waals surface area contributed by atoms with Crippen molar-refractivity contribution in [3.05, 3.63) is 23.8 Å². The molecule has 0 aliphatic heterocycles. The number of aromatic hydroxyl groups is 1. The molecule has 20 heavy (non-hydrogen) atoms. The number of para-hydroxylation sites is 1. The SMILES string of the molecule is CCOc1cccc(C=NCC(OCC)OCC)c1O. The zero-order valence-electron chi connectivity index (χ0n) is 12.3. The van der Waals surface area contributed by atoms with E-state index in [0.717, 1.165) is 0 Å². The standard InChI is InChI=1S/C15H23NO4/c1-4-18-13-9-7-8-12(15(13)17)10-16-11-14(19-5-2)20-6-3/h7-10,14,17H,4-6,11H2,1-3H3. The van der Waals surface area contributed by atoms with E-state index in [-0.39, 0.29) is 12.0 Å². The van der Waals surface area contributed by atoms with Gasteiger partial charge in [0, 0.05) is 25.0 Å². The molecule has 0 spiro atoms. The Kier molecular flexibility index (Phi) is 7.69. The van der Waals surface area contributed by atoms with Gasteiger partial charge in [-0.05, 0) is 32.9 Å². The number of nitrogens with zero attached hydrogens (tertiary/aromatic N) is 1. The first-order chi connectivity index (χ1) is 9.72. The molecule has 0 saturated heterocycles. The number of hydrogen-bond acceptors (Lipinski definition) is 5. The summed E-state index contributed by atoms with van der Waals surface area (Å²) >= 11 is 0. The Balaban J connectivity index is 2.67. The summed E-state index contributed by atoms with van der Waals surface area (Å²) in [5.41, 5.74) is 0.614. The van der Waals surface area contributed by atoms with Gasteiger partial charge in [0.25, 0.3) is 0 Å². The number of phenolic OH excluding ortho intramolecular Hbond substituents is 1. The highest BCUT2D eigenvalue weighted by Crippen LogP contribution is 2.28. The van der Waals surface area contributed by atoms with Crippen LogP contribution in [0.5, 0.6) is 11.5 Å². The lowest BCUT2D eigenvalue weighted by Crippen LogP contribution is -2.20. The molecule has 0 aliphatic rings. The molecule has 1 aromatic rings. The van der Waals surface area contributed by atoms with Gasteiger partial charge < -0.3 is 19.3 Å². The van der Waals surface area contributed by atoms with Crippen molar-refractivity contribution in [3.63, 3.8) is 0 Å². The highest BCUT2D eigenvalue weighted by Gasteiger charge is 2.08. The quantitative estimate of drug-likeness (QED) is 0.558. The van der Waals surface area contributed by atoms with Crippen molar-refractivity contribution >= 4 is 6.21 Å². The highest BCUT2D eigenvalue weighted by molar-refractivity contribution is 5.84. The zero-order chi connectivity index (χ0) is 14.8. The number of benzene rings is 1. The second kappa shape index (κ2) is 9.34. The maximum absolute atomic E-state index is 10.0. The largest absolute Gasteiger partial charge is 0.504 e. The van der Waals surface area contributed by atoms with Gasteiger partial charge in [-0.1, -0.05) is 6.07 Å². The fraction of sp³-hybridized carbons (Fsp3) is 0.533. The van der Waals surface area contributed by atoms with Crippen molar-refractivity contribution in [3.8, 4) is 11.5 Å². The zero-order valence-corrected chi connectivity index (χ0v) is 12.3. The van der Waals surface area contributed by atoms with E-state index in [1.165, 1.54) is 0 Å². The first kappa shape index (κ1) is 16.5. The van der Waals surface area contributed by atoms with Gasteiger partial charge in [-0.3, -0.25) is 4.99 Å². The van der Waals surface area contributed by atoms with E-state index in [1.54, 1.807) is 18.3 Å². The van der Waals surface area contributed by atoms with Crippen LogP contribution >= 0.6 is 0 Å². The lowest BCUT2D eigenvalue weighted by molar-refractivity contribution is -0.128. The lowest BCUT2D eigenvalue weighted by Gasteiger charge is -2.14. The van der Waals surface area contributed by atoms with Crippen LogP contribution in [0.15, 0.2) is 23.2 Å². The smallest absolute Gasteiger partial charge is 0.176 e. The molecular weight excluding hydrogens is 258 g/mol. The predicted octanol–water partition coefficient (Wildman–Crippen LogP) is 2.61. The molecule has 0 heterocycles. The molecule has 0 fully saturated rings. The normalized spacial score (nSPS) is 11.4. The third-order valence-electron chi connectivity index (χ3n) is 2.52. The van der Waals surface area contributed by atoms with E-state index >= 15 is 0 Å². The number of hydrogen-bond donors (Lipinski definition) is 1. The summed E-state index contributed by atoms with van der Waals surface area (Å²) in [6.07, 6.45) is 1.25. The van der Waals surface area contributed by atoms with Gasteiger partial charge in [0.1, 0.15) is 0 Å². The molecule has 0 atom stereocenters. The fourth-order valence-electron chi connectivity index (χ4n) is 1.68. The van der Waals surface area contributed by atoms with Gasteiger partial charge in [0.05, 0.1) is 13.2 Å². The molecule has 0 radical (unpaired) electrons. The summed E-state index contributed by atoms with van der Waals surface area (Å²) in [5, 5.41) is 10.0. The lowest BCUT2D eigenvalue weighted by atomic mass is 10.2. The van der Waals surface area contributed by atoms with Crippen LogP contribution in [0.4, 0.5) is 0 Å². The van der Waals surface area contributed by atoms with Gasteiger partial charge >= 0.3 is 0 Å². The average Bonchev–Trinajstić information content (AvgIpc) is 2.43. The van der Waals surface area contributed by atoms with Crippen LogP contribution in [0.3, 0.4) is 0 Å². The molecule has 0 saturated carbocycles. The molecule has 0 aliphatic carbocycles. The van der Waals surface area contributed by atoms with E-state index in [0.29, 0.717) is 37.7 Å². The van der Waals surface area contributed by atoms with Gasteiger partial charge in [-0.15, -0.1) is 0 Å². The number of rotatable bonds is 9. The minimum atomic E-state index is -0.349. The van der Waals surface area contributed by atoms with Crippen molar-refractivity contribution in [1.29, 1.82) is 0 Å². The van der Waals surface area contributed by atoms with E-state index < -0.39 is 0 Å². The monoisotopic (exact) mass is 281 g/mol. The van der Waals surface area contributed by atoms with Crippen molar-refractivity contribution in [1.82, 2.24) is 0 Å². The Labute approximate surface area is 120 Å². The third-order valence-corrected chi connectivity index (χ3v) is 2.52. The summed E-state index contributed by atoms with van der Waals surface area (Å²) in [7, 11) is 0. The van der Waals surface area contributed by atoms with Crippen LogP contribution in [0.2, 0.25) is 0 Å². The van der Waals surface area contributed by atoms with Crippen molar-refractivity contribution in [2.24, 2.45) is 4.99 Å². The molecule has 112 valence electrons. The molecule has 1 N–H and O–H groups in total. The Bertz CT molecular complexity index is 414. The predicted molar refractivity (Wildman–Crippen MR) is 78.8 cm³/mol. The van der Waals surface area contributed by atoms with E-state index in [9.17, 15) is 5.11 Å². The van der Waals surface area contributed by atoms with Gasteiger partial charge in [0.15, 0.2) is 17.8 Å². The van der Waals surface area contributed by atoms with E-state index in [2.05, 4.69) is 4.99 Å². The maximum atomic E-state index is 10.0. The van der Waals surface area contributed by atoms with E-state index in [4.69, 9.17) is 14.2 Å². The fourth-order valence-corrected chi connectivity index (χ4v) is 1.68. The van der Waals surface area contributed by atoms with E-state index in [1.807, 2.05) is 26.8 Å². The van der Waals surface area contributed by atoms with Crippen molar-refractivity contribution in [2.45, 2.75) is 27.1 Å². The van der Waals surface area contributed by atoms with Crippen LogP contribution in [-0.4, -0.2) is 44.0 Å². The first-order valence-electron chi connectivity index (χ1n) is 6.90. The molecule has 5 nitrogen and oxygen atoms in total. The van der Waals surface area contributed by atoms with Gasteiger partial charge in [-0.25, -0.2) is 0 Å². The summed E-state index contributed by atoms with van der Waals surface area (Å²) in [6.45, 7) is 7.73. The van der Waals surface area contributed by atoms with Crippen LogP contribution in [0.1, 0.15) is 26.3 Å². The topological polar surface area (TPSA) is 60.3 Å². The van der Waals surface area contributed by atoms with Crippen LogP contribution in [0.25, 0.3) is 0 Å². The number of aliphatic imine (C=N–C) groups is 1. The summed E-state index contributed by atoms with van der Waals surface area (Å²) < 4.78 is 16.1. The Morgan fingerprint density at radius 3 is 2.45 bits per heavy atom.